The summed E-state index contributed by atoms with van der Waals surface area (Å²) in [6.45, 7) is 1.86. The molecule has 28 heavy (non-hydrogen) atoms. The van der Waals surface area contributed by atoms with Gasteiger partial charge in [0.1, 0.15) is 11.8 Å². The molecule has 2 aromatic rings. The van der Waals surface area contributed by atoms with Crippen molar-refractivity contribution in [1.82, 2.24) is 15.1 Å². The van der Waals surface area contributed by atoms with Crippen LogP contribution in [0.15, 0.2) is 22.6 Å². The van der Waals surface area contributed by atoms with Crippen LogP contribution < -0.4 is 10.5 Å². The molecule has 2 amide bonds. The van der Waals surface area contributed by atoms with Crippen LogP contribution in [0.5, 0.6) is 5.75 Å². The predicted molar refractivity (Wildman–Crippen MR) is 93.9 cm³/mol. The Hall–Kier alpha value is -3.43. The van der Waals surface area contributed by atoms with Crippen LogP contribution >= 0.6 is 0 Å². The molecular weight excluding hydrogens is 368 g/mol. The number of fused-ring (bicyclic) bond motifs is 1. The van der Waals surface area contributed by atoms with Gasteiger partial charge in [0.2, 0.25) is 11.8 Å². The Balaban J connectivity index is 1.77. The molecule has 1 aromatic carbocycles. The minimum Gasteiger partial charge on any atom is -0.483 e. The Morgan fingerprint density at radius 2 is 2.14 bits per heavy atom. The highest BCUT2D eigenvalue weighted by atomic mass is 16.5. The molecule has 0 radical (unpaired) electrons. The van der Waals surface area contributed by atoms with E-state index in [0.717, 1.165) is 0 Å². The second-order valence-corrected chi connectivity index (χ2v) is 6.25. The molecule has 0 saturated heterocycles. The second kappa shape index (κ2) is 8.07. The standard InChI is InChI=1S/C18H20N4O6/c1-10-20-21-15(28-10)9-27-14-5-3-4-11-12(14)8-22(18(11)25)13(17(19)24)6-7-16(23)26-2/h3-5,13H,6-9H2,1-2H3,(H2,19,24). The van der Waals surface area contributed by atoms with Crippen molar-refractivity contribution in [3.8, 4) is 5.75 Å². The number of carbonyl (C=O) groups excluding carboxylic acids is 3. The maximum Gasteiger partial charge on any atom is 0.305 e. The number of nitrogens with zero attached hydrogens (tertiary/aromatic N) is 3. The highest BCUT2D eigenvalue weighted by molar-refractivity contribution is 6.01. The summed E-state index contributed by atoms with van der Waals surface area (Å²) in [4.78, 5) is 37.4. The first-order valence-corrected chi connectivity index (χ1v) is 8.61. The highest BCUT2D eigenvalue weighted by Crippen LogP contribution is 2.33. The number of hydrogen-bond donors (Lipinski definition) is 1. The summed E-state index contributed by atoms with van der Waals surface area (Å²) in [5.74, 6) is -0.302. The molecule has 1 aliphatic rings. The van der Waals surface area contributed by atoms with Crippen LogP contribution in [-0.2, 0) is 27.5 Å². The fraction of sp³-hybridized carbons (Fsp3) is 0.389. The van der Waals surface area contributed by atoms with Crippen LogP contribution in [0.25, 0.3) is 0 Å². The van der Waals surface area contributed by atoms with E-state index in [1.54, 1.807) is 25.1 Å². The van der Waals surface area contributed by atoms with Gasteiger partial charge in [-0.05, 0) is 18.6 Å². The molecule has 0 aliphatic carbocycles. The average molecular weight is 388 g/mol. The number of ether oxygens (including phenoxy) is 2. The van der Waals surface area contributed by atoms with Gasteiger partial charge in [0.15, 0.2) is 6.61 Å². The predicted octanol–water partition coefficient (Wildman–Crippen LogP) is 0.720. The molecule has 148 valence electrons. The van der Waals surface area contributed by atoms with Gasteiger partial charge >= 0.3 is 5.97 Å². The van der Waals surface area contributed by atoms with Gasteiger partial charge in [-0.2, -0.15) is 0 Å². The number of hydrogen-bond acceptors (Lipinski definition) is 8. The van der Waals surface area contributed by atoms with Crippen molar-refractivity contribution in [3.63, 3.8) is 0 Å². The van der Waals surface area contributed by atoms with Crippen LogP contribution in [0.3, 0.4) is 0 Å². The SMILES string of the molecule is COC(=O)CCC(C(N)=O)N1Cc2c(OCc3nnc(C)o3)cccc2C1=O. The number of aryl methyl sites for hydroxylation is 1. The molecule has 0 fully saturated rings. The van der Waals surface area contributed by atoms with Gasteiger partial charge in [-0.3, -0.25) is 14.4 Å². The normalized spacial score (nSPS) is 13.9. The van der Waals surface area contributed by atoms with Crippen molar-refractivity contribution in [2.45, 2.75) is 39.0 Å². The molecule has 1 unspecified atom stereocenters. The maximum atomic E-state index is 12.8. The lowest BCUT2D eigenvalue weighted by molar-refractivity contribution is -0.141. The number of rotatable bonds is 8. The minimum atomic E-state index is -0.926. The van der Waals surface area contributed by atoms with Crippen LogP contribution in [0.4, 0.5) is 0 Å². The number of esters is 1. The number of methoxy groups -OCH3 is 1. The summed E-state index contributed by atoms with van der Waals surface area (Å²) < 4.78 is 15.6. The van der Waals surface area contributed by atoms with Crippen molar-refractivity contribution in [1.29, 1.82) is 0 Å². The van der Waals surface area contributed by atoms with Gasteiger partial charge in [0.25, 0.3) is 11.8 Å². The quantitative estimate of drug-likeness (QED) is 0.653. The van der Waals surface area contributed by atoms with E-state index in [4.69, 9.17) is 14.9 Å². The third-order valence-corrected chi connectivity index (χ3v) is 4.43. The third kappa shape index (κ3) is 3.95. The van der Waals surface area contributed by atoms with E-state index < -0.39 is 17.9 Å². The first kappa shape index (κ1) is 19.3. The fourth-order valence-electron chi connectivity index (χ4n) is 3.06. The molecule has 10 heteroatoms. The molecule has 0 spiro atoms. The molecular formula is C18H20N4O6. The number of amides is 2. The van der Waals surface area contributed by atoms with Gasteiger partial charge in [-0.25, -0.2) is 0 Å². The summed E-state index contributed by atoms with van der Waals surface area (Å²) in [5.41, 5.74) is 6.52. The van der Waals surface area contributed by atoms with Gasteiger partial charge < -0.3 is 24.5 Å². The van der Waals surface area contributed by atoms with Crippen LogP contribution in [0.1, 0.15) is 40.5 Å². The number of benzene rings is 1. The van der Waals surface area contributed by atoms with Crippen molar-refractivity contribution >= 4 is 17.8 Å². The Morgan fingerprint density at radius 1 is 1.36 bits per heavy atom. The average Bonchev–Trinajstić information content (AvgIpc) is 3.24. The Labute approximate surface area is 160 Å². The molecule has 2 heterocycles. The molecule has 0 saturated carbocycles. The van der Waals surface area contributed by atoms with Gasteiger partial charge in [-0.15, -0.1) is 10.2 Å². The maximum absolute atomic E-state index is 12.8. The molecule has 1 aliphatic heterocycles. The molecule has 2 N–H and O–H groups in total. The number of nitrogens with two attached hydrogens (primary N) is 1. The summed E-state index contributed by atoms with van der Waals surface area (Å²) in [6.07, 6.45) is 0.0588. The lowest BCUT2D eigenvalue weighted by Gasteiger charge is -2.24. The summed E-state index contributed by atoms with van der Waals surface area (Å²) in [6, 6.07) is 4.12. The molecule has 1 atom stereocenters. The second-order valence-electron chi connectivity index (χ2n) is 6.25. The summed E-state index contributed by atoms with van der Waals surface area (Å²) >= 11 is 0. The van der Waals surface area contributed by atoms with Crippen molar-refractivity contribution in [3.05, 3.63) is 41.1 Å². The number of carbonyl (C=O) groups is 3. The van der Waals surface area contributed by atoms with E-state index in [1.165, 1.54) is 12.0 Å². The van der Waals surface area contributed by atoms with Crippen LogP contribution in [0.2, 0.25) is 0 Å². The van der Waals surface area contributed by atoms with Gasteiger partial charge in [0.05, 0.1) is 13.7 Å². The van der Waals surface area contributed by atoms with Crippen LogP contribution in [-0.4, -0.2) is 46.0 Å². The summed E-state index contributed by atoms with van der Waals surface area (Å²) in [5, 5.41) is 7.59. The van der Waals surface area contributed by atoms with Crippen LogP contribution in [0, 0.1) is 6.92 Å². The number of primary amides is 1. The zero-order valence-electron chi connectivity index (χ0n) is 15.5. The molecule has 1 aromatic heterocycles. The zero-order valence-corrected chi connectivity index (χ0v) is 15.5. The van der Waals surface area contributed by atoms with Crippen molar-refractivity contribution in [2.24, 2.45) is 5.73 Å². The molecule has 0 bridgehead atoms. The highest BCUT2D eigenvalue weighted by Gasteiger charge is 2.37. The minimum absolute atomic E-state index is 0.0237. The van der Waals surface area contributed by atoms with E-state index in [9.17, 15) is 14.4 Å². The van der Waals surface area contributed by atoms with Gasteiger partial charge in [0, 0.05) is 24.5 Å². The third-order valence-electron chi connectivity index (χ3n) is 4.43. The van der Waals surface area contributed by atoms with E-state index in [-0.39, 0.29) is 31.9 Å². The summed E-state index contributed by atoms with van der Waals surface area (Å²) in [7, 11) is 1.26. The van der Waals surface area contributed by atoms with E-state index in [0.29, 0.717) is 28.7 Å². The Bertz CT molecular complexity index is 909. The Morgan fingerprint density at radius 3 is 2.79 bits per heavy atom. The number of aromatic nitrogens is 2. The Kier molecular flexibility index (Phi) is 5.57. The van der Waals surface area contributed by atoms with Crippen molar-refractivity contribution in [2.75, 3.05) is 7.11 Å². The fourth-order valence-corrected chi connectivity index (χ4v) is 3.06. The van der Waals surface area contributed by atoms with Gasteiger partial charge in [-0.1, -0.05) is 6.07 Å². The lowest BCUT2D eigenvalue weighted by Crippen LogP contribution is -2.45. The lowest BCUT2D eigenvalue weighted by atomic mass is 10.1. The molecule has 3 rings (SSSR count). The van der Waals surface area contributed by atoms with E-state index in [1.807, 2.05) is 0 Å². The van der Waals surface area contributed by atoms with E-state index >= 15 is 0 Å². The largest absolute Gasteiger partial charge is 0.483 e. The van der Waals surface area contributed by atoms with Crippen molar-refractivity contribution < 1.29 is 28.3 Å². The first-order chi connectivity index (χ1) is 13.4. The topological polar surface area (TPSA) is 138 Å². The molecule has 10 nitrogen and oxygen atoms in total. The van der Waals surface area contributed by atoms with E-state index in [2.05, 4.69) is 14.9 Å². The zero-order chi connectivity index (χ0) is 20.3. The smallest absolute Gasteiger partial charge is 0.305 e. The monoisotopic (exact) mass is 388 g/mol. The first-order valence-electron chi connectivity index (χ1n) is 8.61.